The average Bonchev–Trinajstić information content (AvgIpc) is 2.57. The van der Waals surface area contributed by atoms with Gasteiger partial charge < -0.3 is 9.97 Å². The topological polar surface area (TPSA) is 57.4 Å². The number of aromatic nitrogens is 4. The molecule has 5 heteroatoms. The van der Waals surface area contributed by atoms with E-state index in [2.05, 4.69) is 32.6 Å². The number of thiol groups is 1. The van der Waals surface area contributed by atoms with E-state index >= 15 is 0 Å². The number of hydrogen-bond acceptors (Lipinski definition) is 3. The van der Waals surface area contributed by atoms with E-state index in [-0.39, 0.29) is 0 Å². The standard InChI is InChI=1S/C3H4N2S.C3H4N2/c6-3-4-1-2-5-3;1-2-5-3-4-1/h1-2H,(H2,4,5,6);1-3H,(H,4,5). The van der Waals surface area contributed by atoms with E-state index < -0.39 is 0 Å². The summed E-state index contributed by atoms with van der Waals surface area (Å²) in [7, 11) is 0. The molecule has 0 saturated carbocycles. The van der Waals surface area contributed by atoms with Crippen molar-refractivity contribution in [3.63, 3.8) is 0 Å². The molecule has 58 valence electrons. The summed E-state index contributed by atoms with van der Waals surface area (Å²) in [4.78, 5) is 12.9. The van der Waals surface area contributed by atoms with Gasteiger partial charge in [-0.1, -0.05) is 0 Å². The van der Waals surface area contributed by atoms with Crippen LogP contribution in [0.4, 0.5) is 0 Å². The summed E-state index contributed by atoms with van der Waals surface area (Å²) in [6.07, 6.45) is 8.46. The van der Waals surface area contributed by atoms with Gasteiger partial charge in [-0.25, -0.2) is 9.97 Å². The lowest BCUT2D eigenvalue weighted by Crippen LogP contribution is -1.59. The number of imidazole rings is 2. The average molecular weight is 168 g/mol. The minimum Gasteiger partial charge on any atom is -0.351 e. The second-order valence-electron chi connectivity index (χ2n) is 1.67. The fraction of sp³-hybridized carbons (Fsp3) is 0. The molecule has 0 spiro atoms. The fourth-order valence-corrected chi connectivity index (χ4v) is 0.613. The molecule has 0 unspecified atom stereocenters. The highest BCUT2D eigenvalue weighted by atomic mass is 32.1. The van der Waals surface area contributed by atoms with E-state index in [1.807, 2.05) is 0 Å². The minimum atomic E-state index is 0.662. The molecule has 0 aliphatic rings. The van der Waals surface area contributed by atoms with Gasteiger partial charge in [0.1, 0.15) is 0 Å². The normalized spacial score (nSPS) is 8.45. The minimum absolute atomic E-state index is 0.662. The number of aromatic amines is 2. The monoisotopic (exact) mass is 168 g/mol. The van der Waals surface area contributed by atoms with E-state index in [0.717, 1.165) is 0 Å². The molecule has 2 aromatic rings. The van der Waals surface area contributed by atoms with Crippen LogP contribution in [0.3, 0.4) is 0 Å². The summed E-state index contributed by atoms with van der Waals surface area (Å²) < 4.78 is 0. The van der Waals surface area contributed by atoms with Gasteiger partial charge in [0.15, 0.2) is 5.16 Å². The van der Waals surface area contributed by atoms with E-state index in [4.69, 9.17) is 0 Å². The van der Waals surface area contributed by atoms with Gasteiger partial charge in [-0.3, -0.25) is 0 Å². The summed E-state index contributed by atoms with van der Waals surface area (Å²) in [5, 5.41) is 0.662. The summed E-state index contributed by atoms with van der Waals surface area (Å²) in [5.41, 5.74) is 0. The summed E-state index contributed by atoms with van der Waals surface area (Å²) in [6.45, 7) is 0. The van der Waals surface area contributed by atoms with Crippen molar-refractivity contribution in [2.24, 2.45) is 0 Å². The molecule has 11 heavy (non-hydrogen) atoms. The summed E-state index contributed by atoms with van der Waals surface area (Å²) >= 11 is 3.87. The number of rotatable bonds is 0. The predicted octanol–water partition coefficient (Wildman–Crippen LogP) is 1.11. The third kappa shape index (κ3) is 3.47. The Morgan fingerprint density at radius 3 is 2.36 bits per heavy atom. The van der Waals surface area contributed by atoms with Crippen molar-refractivity contribution < 1.29 is 0 Å². The van der Waals surface area contributed by atoms with E-state index in [1.165, 1.54) is 0 Å². The van der Waals surface area contributed by atoms with Crippen molar-refractivity contribution >= 4 is 12.6 Å². The number of H-pyrrole nitrogens is 2. The highest BCUT2D eigenvalue weighted by molar-refractivity contribution is 7.80. The Morgan fingerprint density at radius 2 is 2.18 bits per heavy atom. The van der Waals surface area contributed by atoms with Gasteiger partial charge in [-0.2, -0.15) is 0 Å². The van der Waals surface area contributed by atoms with Crippen LogP contribution in [-0.2, 0) is 0 Å². The van der Waals surface area contributed by atoms with Crippen LogP contribution in [0.25, 0.3) is 0 Å². The first kappa shape index (κ1) is 7.87. The fourth-order valence-electron chi connectivity index (χ4n) is 0.472. The van der Waals surface area contributed by atoms with Crippen LogP contribution in [0.5, 0.6) is 0 Å². The van der Waals surface area contributed by atoms with E-state index in [0.29, 0.717) is 5.16 Å². The Hall–Kier alpha value is -1.23. The molecule has 0 radical (unpaired) electrons. The number of hydrogen-bond donors (Lipinski definition) is 3. The Morgan fingerprint density at radius 1 is 1.27 bits per heavy atom. The molecule has 4 nitrogen and oxygen atoms in total. The highest BCUT2D eigenvalue weighted by Crippen LogP contribution is 1.89. The summed E-state index contributed by atoms with van der Waals surface area (Å²) in [5.74, 6) is 0. The second kappa shape index (κ2) is 4.56. The Bertz CT molecular complexity index is 233. The molecule has 2 N–H and O–H groups in total. The molecule has 0 atom stereocenters. The van der Waals surface area contributed by atoms with Gasteiger partial charge in [-0.05, 0) is 0 Å². The van der Waals surface area contributed by atoms with Crippen molar-refractivity contribution in [2.45, 2.75) is 5.16 Å². The summed E-state index contributed by atoms with van der Waals surface area (Å²) in [6, 6.07) is 0. The Balaban J connectivity index is 0.000000112. The zero-order valence-corrected chi connectivity index (χ0v) is 6.62. The second-order valence-corrected chi connectivity index (χ2v) is 2.10. The van der Waals surface area contributed by atoms with Crippen molar-refractivity contribution in [2.75, 3.05) is 0 Å². The third-order valence-electron chi connectivity index (χ3n) is 0.890. The van der Waals surface area contributed by atoms with Crippen molar-refractivity contribution in [1.29, 1.82) is 0 Å². The molecular formula is C6H8N4S. The van der Waals surface area contributed by atoms with Crippen molar-refractivity contribution in [1.82, 2.24) is 19.9 Å². The van der Waals surface area contributed by atoms with Crippen LogP contribution >= 0.6 is 12.6 Å². The molecule has 0 aromatic carbocycles. The first-order chi connectivity index (χ1) is 5.39. The lowest BCUT2D eigenvalue weighted by molar-refractivity contribution is 1.07. The zero-order valence-electron chi connectivity index (χ0n) is 5.73. The van der Waals surface area contributed by atoms with E-state index in [9.17, 15) is 0 Å². The van der Waals surface area contributed by atoms with Crippen LogP contribution < -0.4 is 0 Å². The quantitative estimate of drug-likeness (QED) is 0.516. The lowest BCUT2D eigenvalue weighted by Gasteiger charge is -1.67. The smallest absolute Gasteiger partial charge is 0.162 e. The van der Waals surface area contributed by atoms with Gasteiger partial charge in [0.05, 0.1) is 6.33 Å². The first-order valence-electron chi connectivity index (χ1n) is 3.00. The van der Waals surface area contributed by atoms with Gasteiger partial charge in [-0.15, -0.1) is 12.6 Å². The molecular weight excluding hydrogens is 160 g/mol. The Labute approximate surface area is 69.5 Å². The molecule has 0 aliphatic carbocycles. The van der Waals surface area contributed by atoms with Gasteiger partial charge >= 0.3 is 0 Å². The van der Waals surface area contributed by atoms with E-state index in [1.54, 1.807) is 31.1 Å². The maximum absolute atomic E-state index is 3.87. The van der Waals surface area contributed by atoms with Crippen LogP contribution in [0.2, 0.25) is 0 Å². The van der Waals surface area contributed by atoms with Gasteiger partial charge in [0.25, 0.3) is 0 Å². The number of nitrogens with one attached hydrogen (secondary N) is 2. The molecule has 0 amide bonds. The third-order valence-corrected chi connectivity index (χ3v) is 1.13. The van der Waals surface area contributed by atoms with Crippen LogP contribution in [0.1, 0.15) is 0 Å². The van der Waals surface area contributed by atoms with Crippen LogP contribution in [0.15, 0.2) is 36.3 Å². The molecule has 2 aromatic heterocycles. The molecule has 0 fully saturated rings. The molecule has 0 bridgehead atoms. The molecule has 0 saturated heterocycles. The maximum Gasteiger partial charge on any atom is 0.162 e. The lowest BCUT2D eigenvalue weighted by atomic mass is 11.0. The molecule has 0 aliphatic heterocycles. The van der Waals surface area contributed by atoms with Crippen LogP contribution in [0, 0.1) is 0 Å². The van der Waals surface area contributed by atoms with Gasteiger partial charge in [0, 0.05) is 24.8 Å². The van der Waals surface area contributed by atoms with Crippen LogP contribution in [-0.4, -0.2) is 19.9 Å². The predicted molar refractivity (Wildman–Crippen MR) is 44.4 cm³/mol. The number of nitrogens with zero attached hydrogens (tertiary/aromatic N) is 2. The van der Waals surface area contributed by atoms with Crippen molar-refractivity contribution in [3.8, 4) is 0 Å². The molecule has 2 rings (SSSR count). The zero-order chi connectivity index (χ0) is 7.94. The highest BCUT2D eigenvalue weighted by Gasteiger charge is 1.75. The largest absolute Gasteiger partial charge is 0.351 e. The van der Waals surface area contributed by atoms with Gasteiger partial charge in [0.2, 0.25) is 0 Å². The molecule has 2 heterocycles. The maximum atomic E-state index is 3.87. The Kier molecular flexibility index (Phi) is 3.27. The first-order valence-corrected chi connectivity index (χ1v) is 3.45. The SMILES string of the molecule is Sc1ncc[nH]1.c1c[nH]cn1. The van der Waals surface area contributed by atoms with Crippen molar-refractivity contribution in [3.05, 3.63) is 31.1 Å².